The van der Waals surface area contributed by atoms with E-state index < -0.39 is 0 Å². The van der Waals surface area contributed by atoms with Crippen LogP contribution in [0.4, 0.5) is 5.69 Å². The number of fused-ring (bicyclic) bond motifs is 1. The quantitative estimate of drug-likeness (QED) is 0.469. The fourth-order valence-corrected chi connectivity index (χ4v) is 3.24. The zero-order chi connectivity index (χ0) is 19.5. The summed E-state index contributed by atoms with van der Waals surface area (Å²) in [5, 5.41) is 3.51. The molecule has 0 aliphatic rings. The average Bonchev–Trinajstić information content (AvgIpc) is 3.10. The van der Waals surface area contributed by atoms with Crippen LogP contribution in [-0.2, 0) is 12.8 Å². The van der Waals surface area contributed by atoms with Crippen molar-refractivity contribution in [2.45, 2.75) is 19.8 Å². The van der Waals surface area contributed by atoms with Gasteiger partial charge in [-0.3, -0.25) is 4.79 Å². The van der Waals surface area contributed by atoms with Gasteiger partial charge in [0.2, 0.25) is 0 Å². The van der Waals surface area contributed by atoms with Crippen molar-refractivity contribution in [3.8, 4) is 0 Å². The third-order valence-electron chi connectivity index (χ3n) is 4.66. The minimum absolute atomic E-state index is 0.151. The number of carbonyl (C=O) groups is 1. The molecule has 1 aromatic heterocycles. The number of anilines is 1. The first kappa shape index (κ1) is 18.3. The van der Waals surface area contributed by atoms with Crippen LogP contribution in [0.3, 0.4) is 0 Å². The van der Waals surface area contributed by atoms with Crippen LogP contribution in [0.5, 0.6) is 0 Å². The maximum Gasteiger partial charge on any atom is 0.255 e. The number of hydrogen-bond acceptors (Lipinski definition) is 2. The predicted octanol–water partition coefficient (Wildman–Crippen LogP) is 5.56. The number of hydrogen-bond donors (Lipinski definition) is 2. The maximum absolute atomic E-state index is 12.3. The van der Waals surface area contributed by atoms with Crippen molar-refractivity contribution in [1.29, 1.82) is 0 Å². The fraction of sp³-hybridized carbons (Fsp3) is 0.130. The molecule has 0 fully saturated rings. The molecule has 0 saturated carbocycles. The van der Waals surface area contributed by atoms with Crippen molar-refractivity contribution in [2.24, 2.45) is 0 Å². The fourth-order valence-electron chi connectivity index (χ4n) is 3.12. The predicted molar refractivity (Wildman–Crippen MR) is 114 cm³/mol. The highest BCUT2D eigenvalue weighted by atomic mass is 35.5. The highest BCUT2D eigenvalue weighted by Crippen LogP contribution is 2.17. The second kappa shape index (κ2) is 7.87. The minimum Gasteiger partial charge on any atom is -0.342 e. The highest BCUT2D eigenvalue weighted by molar-refractivity contribution is 6.30. The zero-order valence-corrected chi connectivity index (χ0v) is 16.3. The molecule has 0 radical (unpaired) electrons. The Balaban J connectivity index is 1.37. The van der Waals surface area contributed by atoms with Crippen LogP contribution < -0.4 is 5.32 Å². The van der Waals surface area contributed by atoms with Crippen molar-refractivity contribution in [2.75, 3.05) is 5.32 Å². The number of aromatic amines is 1. The van der Waals surface area contributed by atoms with E-state index in [2.05, 4.69) is 34.3 Å². The molecule has 0 aliphatic carbocycles. The molecule has 5 heteroatoms. The van der Waals surface area contributed by atoms with Gasteiger partial charge >= 0.3 is 0 Å². The van der Waals surface area contributed by atoms with E-state index in [4.69, 9.17) is 11.6 Å². The molecular weight excluding hydrogens is 370 g/mol. The molecular formula is C23H20ClN3O. The molecule has 1 heterocycles. The van der Waals surface area contributed by atoms with Crippen LogP contribution in [0, 0.1) is 6.92 Å². The molecule has 28 heavy (non-hydrogen) atoms. The molecule has 4 aromatic rings. The van der Waals surface area contributed by atoms with E-state index in [1.165, 1.54) is 11.1 Å². The van der Waals surface area contributed by atoms with Crippen LogP contribution in [0.15, 0.2) is 66.7 Å². The number of amides is 1. The van der Waals surface area contributed by atoms with E-state index in [1.54, 1.807) is 24.3 Å². The van der Waals surface area contributed by atoms with Crippen LogP contribution in [0.25, 0.3) is 11.0 Å². The Hall–Kier alpha value is -3.11. The lowest BCUT2D eigenvalue weighted by Gasteiger charge is -2.07. The van der Waals surface area contributed by atoms with E-state index in [0.717, 1.165) is 35.4 Å². The minimum atomic E-state index is -0.151. The van der Waals surface area contributed by atoms with Crippen molar-refractivity contribution in [3.05, 3.63) is 94.3 Å². The number of benzene rings is 3. The van der Waals surface area contributed by atoms with Gasteiger partial charge in [-0.1, -0.05) is 29.8 Å². The van der Waals surface area contributed by atoms with E-state index in [0.29, 0.717) is 10.6 Å². The molecule has 3 aromatic carbocycles. The monoisotopic (exact) mass is 389 g/mol. The summed E-state index contributed by atoms with van der Waals surface area (Å²) >= 11 is 5.86. The Morgan fingerprint density at radius 2 is 1.75 bits per heavy atom. The number of H-pyrrole nitrogens is 1. The van der Waals surface area contributed by atoms with E-state index >= 15 is 0 Å². The molecule has 0 unspecified atom stereocenters. The van der Waals surface area contributed by atoms with Crippen LogP contribution in [0.2, 0.25) is 5.02 Å². The summed E-state index contributed by atoms with van der Waals surface area (Å²) < 4.78 is 0. The third-order valence-corrected chi connectivity index (χ3v) is 4.91. The van der Waals surface area contributed by atoms with Gasteiger partial charge in [0.05, 0.1) is 11.0 Å². The molecule has 1 amide bonds. The smallest absolute Gasteiger partial charge is 0.255 e. The van der Waals surface area contributed by atoms with Crippen LogP contribution in [-0.4, -0.2) is 15.9 Å². The number of imidazole rings is 1. The molecule has 4 rings (SSSR count). The van der Waals surface area contributed by atoms with Gasteiger partial charge in [0.15, 0.2) is 0 Å². The second-order valence-electron chi connectivity index (χ2n) is 6.86. The molecule has 0 aliphatic heterocycles. The Kier molecular flexibility index (Phi) is 5.13. The normalized spacial score (nSPS) is 10.9. The molecule has 4 nitrogen and oxygen atoms in total. The molecule has 0 spiro atoms. The second-order valence-corrected chi connectivity index (χ2v) is 7.30. The lowest BCUT2D eigenvalue weighted by molar-refractivity contribution is 0.102. The first-order valence-corrected chi connectivity index (χ1v) is 9.56. The van der Waals surface area contributed by atoms with E-state index in [1.807, 2.05) is 30.3 Å². The Bertz CT molecular complexity index is 1120. The van der Waals surface area contributed by atoms with Gasteiger partial charge in [0.1, 0.15) is 5.82 Å². The van der Waals surface area contributed by atoms with Crippen molar-refractivity contribution in [3.63, 3.8) is 0 Å². The Labute approximate surface area is 168 Å². The summed E-state index contributed by atoms with van der Waals surface area (Å²) in [4.78, 5) is 20.3. The topological polar surface area (TPSA) is 57.8 Å². The lowest BCUT2D eigenvalue weighted by atomic mass is 10.1. The summed E-state index contributed by atoms with van der Waals surface area (Å²) in [6.07, 6.45) is 1.72. The first-order valence-electron chi connectivity index (χ1n) is 9.18. The Morgan fingerprint density at radius 1 is 1.00 bits per heavy atom. The van der Waals surface area contributed by atoms with Gasteiger partial charge in [-0.15, -0.1) is 0 Å². The average molecular weight is 390 g/mol. The number of nitrogens with one attached hydrogen (secondary N) is 2. The molecule has 0 saturated heterocycles. The molecule has 0 atom stereocenters. The van der Waals surface area contributed by atoms with Crippen molar-refractivity contribution < 1.29 is 4.79 Å². The van der Waals surface area contributed by atoms with Gasteiger partial charge in [-0.2, -0.15) is 0 Å². The summed E-state index contributed by atoms with van der Waals surface area (Å²) in [6, 6.07) is 21.0. The van der Waals surface area contributed by atoms with Gasteiger partial charge in [-0.05, 0) is 73.0 Å². The summed E-state index contributed by atoms with van der Waals surface area (Å²) in [5.74, 6) is 0.836. The number of aryl methyl sites for hydroxylation is 3. The van der Waals surface area contributed by atoms with Crippen molar-refractivity contribution >= 4 is 34.2 Å². The number of rotatable bonds is 5. The van der Waals surface area contributed by atoms with Crippen molar-refractivity contribution in [1.82, 2.24) is 9.97 Å². The molecule has 2 N–H and O–H groups in total. The SMILES string of the molecule is Cc1ccc2nc(CCc3ccc(NC(=O)c4ccc(Cl)cc4)cc3)[nH]c2c1. The first-order chi connectivity index (χ1) is 13.6. The van der Waals surface area contributed by atoms with Crippen LogP contribution in [0.1, 0.15) is 27.3 Å². The highest BCUT2D eigenvalue weighted by Gasteiger charge is 2.07. The Morgan fingerprint density at radius 3 is 2.50 bits per heavy atom. The zero-order valence-electron chi connectivity index (χ0n) is 15.5. The lowest BCUT2D eigenvalue weighted by Crippen LogP contribution is -2.11. The maximum atomic E-state index is 12.3. The van der Waals surface area contributed by atoms with Gasteiger partial charge in [0, 0.05) is 22.7 Å². The van der Waals surface area contributed by atoms with Gasteiger partial charge in [0.25, 0.3) is 5.91 Å². The number of nitrogens with zero attached hydrogens (tertiary/aromatic N) is 1. The van der Waals surface area contributed by atoms with Gasteiger partial charge < -0.3 is 10.3 Å². The summed E-state index contributed by atoms with van der Waals surface area (Å²) in [6.45, 7) is 2.08. The molecule has 0 bridgehead atoms. The number of aromatic nitrogens is 2. The standard InChI is InChI=1S/C23H20ClN3O/c1-15-2-12-20-21(14-15)27-22(26-20)13-5-16-3-10-19(11-4-16)25-23(28)17-6-8-18(24)9-7-17/h2-4,6-12,14H,5,13H2,1H3,(H,25,28)(H,26,27). The van der Waals surface area contributed by atoms with E-state index in [9.17, 15) is 4.79 Å². The molecule has 140 valence electrons. The third kappa shape index (κ3) is 4.24. The van der Waals surface area contributed by atoms with Gasteiger partial charge in [-0.25, -0.2) is 4.98 Å². The number of halogens is 1. The summed E-state index contributed by atoms with van der Waals surface area (Å²) in [5.41, 5.74) is 5.84. The number of carbonyl (C=O) groups excluding carboxylic acids is 1. The van der Waals surface area contributed by atoms with E-state index in [-0.39, 0.29) is 5.91 Å². The largest absolute Gasteiger partial charge is 0.342 e. The summed E-state index contributed by atoms with van der Waals surface area (Å²) in [7, 11) is 0. The van der Waals surface area contributed by atoms with Crippen LogP contribution >= 0.6 is 11.6 Å².